The Bertz CT molecular complexity index is 456. The number of nitrogens with zero attached hydrogens (tertiary/aromatic N) is 1. The third-order valence-corrected chi connectivity index (χ3v) is 3.57. The van der Waals surface area contributed by atoms with Crippen LogP contribution in [0.2, 0.25) is 0 Å². The fourth-order valence-corrected chi connectivity index (χ4v) is 2.22. The van der Waals surface area contributed by atoms with Crippen molar-refractivity contribution in [1.29, 1.82) is 0 Å². The van der Waals surface area contributed by atoms with Crippen molar-refractivity contribution in [2.75, 3.05) is 18.1 Å². The van der Waals surface area contributed by atoms with E-state index in [-0.39, 0.29) is 5.56 Å². The van der Waals surface area contributed by atoms with Crippen LogP contribution in [0.5, 0.6) is 5.75 Å². The number of rotatable bonds is 3. The van der Waals surface area contributed by atoms with Crippen LogP contribution in [0.25, 0.3) is 0 Å². The minimum Gasteiger partial charge on any atom is -0.489 e. The van der Waals surface area contributed by atoms with Crippen LogP contribution in [0.3, 0.4) is 0 Å². The Kier molecular flexibility index (Phi) is 3.45. The maximum absolute atomic E-state index is 11.2. The second kappa shape index (κ2) is 4.88. The molecular formula is C14H19NO3. The summed E-state index contributed by atoms with van der Waals surface area (Å²) in [6, 6.07) is 5.65. The lowest BCUT2D eigenvalue weighted by atomic mass is 10.0. The lowest BCUT2D eigenvalue weighted by Crippen LogP contribution is -2.42. The summed E-state index contributed by atoms with van der Waals surface area (Å²) in [5, 5.41) is 9.18. The molecule has 1 aliphatic rings. The van der Waals surface area contributed by atoms with E-state index >= 15 is 0 Å². The number of benzene rings is 1. The smallest absolute Gasteiger partial charge is 0.339 e. The molecule has 1 aromatic carbocycles. The van der Waals surface area contributed by atoms with Crippen LogP contribution in [-0.2, 0) is 0 Å². The van der Waals surface area contributed by atoms with Gasteiger partial charge in [0, 0.05) is 6.04 Å². The van der Waals surface area contributed by atoms with E-state index in [9.17, 15) is 9.90 Å². The van der Waals surface area contributed by atoms with Crippen molar-refractivity contribution in [1.82, 2.24) is 0 Å². The van der Waals surface area contributed by atoms with Crippen molar-refractivity contribution in [3.63, 3.8) is 0 Å². The zero-order valence-corrected chi connectivity index (χ0v) is 11.0. The van der Waals surface area contributed by atoms with Gasteiger partial charge in [0.05, 0.1) is 12.2 Å². The van der Waals surface area contributed by atoms with Crippen LogP contribution in [0.4, 0.5) is 5.69 Å². The summed E-state index contributed by atoms with van der Waals surface area (Å²) < 4.78 is 5.55. The number of aromatic carboxylic acids is 1. The molecule has 18 heavy (non-hydrogen) atoms. The predicted molar refractivity (Wildman–Crippen MR) is 70.5 cm³/mol. The number of ether oxygens (including phenoxy) is 1. The number of hydrogen-bond acceptors (Lipinski definition) is 3. The van der Waals surface area contributed by atoms with Gasteiger partial charge in [-0.05, 0) is 25.0 Å². The third kappa shape index (κ3) is 2.15. The standard InChI is InChI=1S/C14H19NO3/c1-9(2)10(3)15-7-8-18-13-11(14(16)17)5-4-6-12(13)15/h4-6,9-10H,7-8H2,1-3H3,(H,16,17). The van der Waals surface area contributed by atoms with Gasteiger partial charge in [0.15, 0.2) is 5.75 Å². The Morgan fingerprint density at radius 1 is 1.39 bits per heavy atom. The van der Waals surface area contributed by atoms with Crippen LogP contribution < -0.4 is 9.64 Å². The summed E-state index contributed by atoms with van der Waals surface area (Å²) in [5.74, 6) is 0.0686. The third-order valence-electron chi connectivity index (χ3n) is 3.57. The molecule has 1 unspecified atom stereocenters. The lowest BCUT2D eigenvalue weighted by molar-refractivity contribution is 0.0692. The number of para-hydroxylation sites is 1. The van der Waals surface area contributed by atoms with Crippen molar-refractivity contribution >= 4 is 11.7 Å². The molecule has 98 valence electrons. The molecule has 0 saturated heterocycles. The first-order valence-electron chi connectivity index (χ1n) is 6.28. The van der Waals surface area contributed by atoms with Crippen molar-refractivity contribution in [3.05, 3.63) is 23.8 Å². The fourth-order valence-electron chi connectivity index (χ4n) is 2.22. The first-order valence-corrected chi connectivity index (χ1v) is 6.28. The van der Waals surface area contributed by atoms with E-state index in [1.165, 1.54) is 0 Å². The molecule has 1 aliphatic heterocycles. The van der Waals surface area contributed by atoms with Gasteiger partial charge in [-0.2, -0.15) is 0 Å². The summed E-state index contributed by atoms with van der Waals surface area (Å²) in [4.78, 5) is 13.4. The van der Waals surface area contributed by atoms with Crippen molar-refractivity contribution < 1.29 is 14.6 Å². The van der Waals surface area contributed by atoms with Crippen molar-refractivity contribution in [3.8, 4) is 5.75 Å². The molecule has 0 fully saturated rings. The topological polar surface area (TPSA) is 49.8 Å². The SMILES string of the molecule is CC(C)C(C)N1CCOc2c(C(=O)O)cccc21. The average Bonchev–Trinajstić information content (AvgIpc) is 2.36. The molecule has 1 heterocycles. The predicted octanol–water partition coefficient (Wildman–Crippen LogP) is 2.63. The minimum absolute atomic E-state index is 0.244. The molecule has 0 aliphatic carbocycles. The Balaban J connectivity index is 2.44. The van der Waals surface area contributed by atoms with Gasteiger partial charge in [-0.15, -0.1) is 0 Å². The highest BCUT2D eigenvalue weighted by atomic mass is 16.5. The van der Waals surface area contributed by atoms with Crippen LogP contribution >= 0.6 is 0 Å². The Morgan fingerprint density at radius 3 is 2.72 bits per heavy atom. The molecule has 1 N–H and O–H groups in total. The van der Waals surface area contributed by atoms with Crippen LogP contribution in [0.1, 0.15) is 31.1 Å². The van der Waals surface area contributed by atoms with Gasteiger partial charge in [-0.1, -0.05) is 19.9 Å². The van der Waals surface area contributed by atoms with Gasteiger partial charge >= 0.3 is 5.97 Å². The second-order valence-electron chi connectivity index (χ2n) is 4.99. The number of fused-ring (bicyclic) bond motifs is 1. The van der Waals surface area contributed by atoms with E-state index in [1.807, 2.05) is 6.07 Å². The van der Waals surface area contributed by atoms with E-state index in [4.69, 9.17) is 4.74 Å². The minimum atomic E-state index is -0.939. The highest BCUT2D eigenvalue weighted by molar-refractivity contribution is 5.93. The summed E-state index contributed by atoms with van der Waals surface area (Å²) >= 11 is 0. The van der Waals surface area contributed by atoms with E-state index in [1.54, 1.807) is 12.1 Å². The monoisotopic (exact) mass is 249 g/mol. The molecule has 0 amide bonds. The Hall–Kier alpha value is -1.71. The van der Waals surface area contributed by atoms with Gasteiger partial charge in [-0.25, -0.2) is 4.79 Å². The van der Waals surface area contributed by atoms with Gasteiger partial charge in [-0.3, -0.25) is 0 Å². The van der Waals surface area contributed by atoms with E-state index < -0.39 is 5.97 Å². The lowest BCUT2D eigenvalue weighted by Gasteiger charge is -2.38. The summed E-state index contributed by atoms with van der Waals surface area (Å²) in [6.45, 7) is 7.83. The van der Waals surface area contributed by atoms with Crippen LogP contribution in [-0.4, -0.2) is 30.3 Å². The largest absolute Gasteiger partial charge is 0.489 e. The summed E-state index contributed by atoms with van der Waals surface area (Å²) in [6.07, 6.45) is 0. The first-order chi connectivity index (χ1) is 8.52. The first kappa shape index (κ1) is 12.7. The van der Waals surface area contributed by atoms with E-state index in [0.29, 0.717) is 24.3 Å². The number of carbonyl (C=O) groups is 1. The highest BCUT2D eigenvalue weighted by Gasteiger charge is 2.27. The molecular weight excluding hydrogens is 230 g/mol. The van der Waals surface area contributed by atoms with Gasteiger partial charge in [0.25, 0.3) is 0 Å². The zero-order valence-electron chi connectivity index (χ0n) is 11.0. The van der Waals surface area contributed by atoms with E-state index in [0.717, 1.165) is 12.2 Å². The number of hydrogen-bond donors (Lipinski definition) is 1. The molecule has 0 bridgehead atoms. The summed E-state index contributed by atoms with van der Waals surface area (Å²) in [5.41, 5.74) is 1.13. The molecule has 4 heteroatoms. The van der Waals surface area contributed by atoms with Gasteiger partial charge < -0.3 is 14.7 Å². The quantitative estimate of drug-likeness (QED) is 0.894. The second-order valence-corrected chi connectivity index (χ2v) is 4.99. The molecule has 4 nitrogen and oxygen atoms in total. The molecule has 0 aromatic heterocycles. The molecule has 1 atom stereocenters. The van der Waals surface area contributed by atoms with Crippen LogP contribution in [0.15, 0.2) is 18.2 Å². The highest BCUT2D eigenvalue weighted by Crippen LogP contribution is 2.36. The molecule has 0 spiro atoms. The van der Waals surface area contributed by atoms with Gasteiger partial charge in [0.1, 0.15) is 12.2 Å². The van der Waals surface area contributed by atoms with Crippen LogP contribution in [0, 0.1) is 5.92 Å². The maximum Gasteiger partial charge on any atom is 0.339 e. The summed E-state index contributed by atoms with van der Waals surface area (Å²) in [7, 11) is 0. The average molecular weight is 249 g/mol. The maximum atomic E-state index is 11.2. The zero-order chi connectivity index (χ0) is 13.3. The molecule has 0 radical (unpaired) electrons. The number of carboxylic acid groups (broad SMARTS) is 1. The molecule has 0 saturated carbocycles. The van der Waals surface area contributed by atoms with Gasteiger partial charge in [0.2, 0.25) is 0 Å². The van der Waals surface area contributed by atoms with Crippen molar-refractivity contribution in [2.24, 2.45) is 5.92 Å². The Morgan fingerprint density at radius 2 is 2.11 bits per heavy atom. The van der Waals surface area contributed by atoms with E-state index in [2.05, 4.69) is 25.7 Å². The molecule has 2 rings (SSSR count). The normalized spacial score (nSPS) is 16.1. The Labute approximate surface area is 107 Å². The number of anilines is 1. The fraction of sp³-hybridized carbons (Fsp3) is 0.500. The molecule has 1 aromatic rings. The van der Waals surface area contributed by atoms with Crippen molar-refractivity contribution in [2.45, 2.75) is 26.8 Å². The number of carboxylic acids is 1.